The van der Waals surface area contributed by atoms with E-state index in [1.807, 2.05) is 42.5 Å². The number of nitrogens with zero attached hydrogens (tertiary/aromatic N) is 1. The monoisotopic (exact) mass is 370 g/mol. The van der Waals surface area contributed by atoms with Gasteiger partial charge in [-0.05, 0) is 35.7 Å². The number of benzene rings is 3. The third kappa shape index (κ3) is 3.44. The maximum Gasteiger partial charge on any atom is 0.270 e. The van der Waals surface area contributed by atoms with Gasteiger partial charge in [-0.3, -0.25) is 10.1 Å². The number of nitro groups is 1. The van der Waals surface area contributed by atoms with Gasteiger partial charge < -0.3 is 0 Å². The molecule has 3 aromatic rings. The first-order valence-corrected chi connectivity index (χ1v) is 9.53. The fourth-order valence-corrected chi connectivity index (χ4v) is 4.47. The molecular weight excluding hydrogens is 352 g/mol. The molecule has 1 N–H and O–H groups in total. The van der Waals surface area contributed by atoms with E-state index in [1.165, 1.54) is 12.1 Å². The number of hydrogen-bond acceptors (Lipinski definition) is 4. The molecule has 0 bridgehead atoms. The van der Waals surface area contributed by atoms with Gasteiger partial charge in [0.2, 0.25) is 10.0 Å². The van der Waals surface area contributed by atoms with E-state index in [0.29, 0.717) is 5.56 Å². The normalized spacial score (nSPS) is 12.8. The first-order valence-electron chi connectivity index (χ1n) is 8.04. The van der Waals surface area contributed by atoms with Crippen LogP contribution in [0.25, 0.3) is 10.8 Å². The summed E-state index contributed by atoms with van der Waals surface area (Å²) in [7, 11) is -3.92. The summed E-state index contributed by atoms with van der Waals surface area (Å²) >= 11 is 0. The minimum absolute atomic E-state index is 0.0845. The van der Waals surface area contributed by atoms with E-state index >= 15 is 0 Å². The van der Waals surface area contributed by atoms with Crippen LogP contribution in [-0.4, -0.2) is 13.3 Å². The second-order valence-electron chi connectivity index (χ2n) is 6.12. The fraction of sp³-hybridized carbons (Fsp3) is 0.158. The lowest BCUT2D eigenvalue weighted by Crippen LogP contribution is -2.27. The number of fused-ring (bicyclic) bond motifs is 1. The molecule has 0 amide bonds. The van der Waals surface area contributed by atoms with Crippen molar-refractivity contribution in [3.8, 4) is 0 Å². The van der Waals surface area contributed by atoms with E-state index in [0.717, 1.165) is 22.4 Å². The lowest BCUT2D eigenvalue weighted by atomic mass is 10.0. The van der Waals surface area contributed by atoms with Gasteiger partial charge in [0.15, 0.2) is 0 Å². The first-order chi connectivity index (χ1) is 12.3. The molecule has 0 radical (unpaired) electrons. The van der Waals surface area contributed by atoms with Gasteiger partial charge >= 0.3 is 0 Å². The Kier molecular flexibility index (Phi) is 4.76. The maximum absolute atomic E-state index is 12.8. The van der Waals surface area contributed by atoms with Crippen LogP contribution in [0.1, 0.15) is 24.1 Å². The predicted molar refractivity (Wildman–Crippen MR) is 101 cm³/mol. The Morgan fingerprint density at radius 1 is 1.04 bits per heavy atom. The zero-order chi connectivity index (χ0) is 18.9. The minimum atomic E-state index is -3.92. The maximum atomic E-state index is 12.8. The largest absolute Gasteiger partial charge is 0.270 e. The molecule has 0 fully saturated rings. The number of non-ortho nitro benzene ring substituents is 1. The van der Waals surface area contributed by atoms with Crippen molar-refractivity contribution in [3.05, 3.63) is 81.9 Å². The van der Waals surface area contributed by atoms with Crippen molar-refractivity contribution in [1.29, 1.82) is 0 Å². The highest BCUT2D eigenvalue weighted by Crippen LogP contribution is 2.27. The number of sulfonamides is 1. The zero-order valence-electron chi connectivity index (χ0n) is 14.3. The quantitative estimate of drug-likeness (QED) is 0.541. The molecule has 3 rings (SSSR count). The van der Waals surface area contributed by atoms with Gasteiger partial charge in [-0.2, -0.15) is 0 Å². The summed E-state index contributed by atoms with van der Waals surface area (Å²) in [5.41, 5.74) is 1.04. The summed E-state index contributed by atoms with van der Waals surface area (Å²) in [4.78, 5) is 10.3. The molecule has 0 aromatic heterocycles. The standard InChI is InChI=1S/C19H18N2O4S/c1-13-10-11-16(21(22)23)12-19(13)26(24,25)20-14(2)17-9-5-7-15-6-3-4-8-18(15)17/h3-12,14,20H,1-2H3/t14-/m1/s1. The molecule has 0 aliphatic rings. The van der Waals surface area contributed by atoms with Gasteiger partial charge in [-0.1, -0.05) is 48.5 Å². The summed E-state index contributed by atoms with van der Waals surface area (Å²) in [6, 6.07) is 16.8. The van der Waals surface area contributed by atoms with Crippen molar-refractivity contribution in [2.45, 2.75) is 24.8 Å². The molecule has 6 nitrogen and oxygen atoms in total. The molecule has 0 saturated carbocycles. The number of rotatable bonds is 5. The van der Waals surface area contributed by atoms with Crippen molar-refractivity contribution in [1.82, 2.24) is 4.72 Å². The molecule has 0 aliphatic carbocycles. The molecule has 3 aromatic carbocycles. The molecular formula is C19H18N2O4S. The minimum Gasteiger partial charge on any atom is -0.258 e. The molecule has 0 spiro atoms. The molecule has 134 valence electrons. The average molecular weight is 370 g/mol. The summed E-state index contributed by atoms with van der Waals surface area (Å²) in [6.45, 7) is 3.37. The summed E-state index contributed by atoms with van der Waals surface area (Å²) in [5, 5.41) is 12.9. The predicted octanol–water partition coefficient (Wildman–Crippen LogP) is 4.10. The Balaban J connectivity index is 1.99. The third-order valence-corrected chi connectivity index (χ3v) is 5.98. The van der Waals surface area contributed by atoms with Crippen LogP contribution in [-0.2, 0) is 10.0 Å². The second kappa shape index (κ2) is 6.86. The van der Waals surface area contributed by atoms with Gasteiger partial charge in [0, 0.05) is 18.2 Å². The van der Waals surface area contributed by atoms with Crippen LogP contribution in [0.4, 0.5) is 5.69 Å². The zero-order valence-corrected chi connectivity index (χ0v) is 15.2. The molecule has 1 atom stereocenters. The molecule has 0 heterocycles. The lowest BCUT2D eigenvalue weighted by molar-refractivity contribution is -0.385. The van der Waals surface area contributed by atoms with Crippen molar-refractivity contribution < 1.29 is 13.3 Å². The van der Waals surface area contributed by atoms with E-state index in [4.69, 9.17) is 0 Å². The van der Waals surface area contributed by atoms with Crippen molar-refractivity contribution in [3.63, 3.8) is 0 Å². The van der Waals surface area contributed by atoms with Gasteiger partial charge in [-0.25, -0.2) is 13.1 Å². The van der Waals surface area contributed by atoms with Crippen LogP contribution in [0.3, 0.4) is 0 Å². The van der Waals surface area contributed by atoms with Gasteiger partial charge in [0.1, 0.15) is 0 Å². The van der Waals surface area contributed by atoms with Crippen LogP contribution in [0.2, 0.25) is 0 Å². The first kappa shape index (κ1) is 18.0. The number of hydrogen-bond donors (Lipinski definition) is 1. The SMILES string of the molecule is Cc1ccc([N+](=O)[O-])cc1S(=O)(=O)N[C@H](C)c1cccc2ccccc12. The van der Waals surface area contributed by atoms with Crippen molar-refractivity contribution in [2.24, 2.45) is 0 Å². The van der Waals surface area contributed by atoms with Crippen LogP contribution < -0.4 is 4.72 Å². The van der Waals surface area contributed by atoms with Crippen LogP contribution in [0, 0.1) is 17.0 Å². The Hall–Kier alpha value is -2.77. The third-order valence-electron chi connectivity index (χ3n) is 4.29. The Morgan fingerprint density at radius 3 is 2.46 bits per heavy atom. The van der Waals surface area contributed by atoms with E-state index in [1.54, 1.807) is 13.8 Å². The molecule has 0 aliphatic heterocycles. The summed E-state index contributed by atoms with van der Waals surface area (Å²) in [6.07, 6.45) is 0. The molecule has 0 unspecified atom stereocenters. The highest BCUT2D eigenvalue weighted by Gasteiger charge is 2.23. The van der Waals surface area contributed by atoms with Crippen LogP contribution >= 0.6 is 0 Å². The number of nitro benzene ring substituents is 1. The van der Waals surface area contributed by atoms with E-state index < -0.39 is 21.0 Å². The van der Waals surface area contributed by atoms with Crippen molar-refractivity contribution in [2.75, 3.05) is 0 Å². The lowest BCUT2D eigenvalue weighted by Gasteiger charge is -2.17. The highest BCUT2D eigenvalue weighted by atomic mass is 32.2. The Bertz CT molecular complexity index is 1090. The van der Waals surface area contributed by atoms with Crippen LogP contribution in [0.5, 0.6) is 0 Å². The Labute approximate surface area is 151 Å². The smallest absolute Gasteiger partial charge is 0.258 e. The topological polar surface area (TPSA) is 89.3 Å². The second-order valence-corrected chi connectivity index (χ2v) is 7.80. The van der Waals surface area contributed by atoms with Crippen molar-refractivity contribution >= 4 is 26.5 Å². The van der Waals surface area contributed by atoms with Gasteiger partial charge in [-0.15, -0.1) is 0 Å². The van der Waals surface area contributed by atoms with Gasteiger partial charge in [0.05, 0.1) is 9.82 Å². The number of aryl methyl sites for hydroxylation is 1. The fourth-order valence-electron chi connectivity index (χ4n) is 2.98. The summed E-state index contributed by atoms with van der Waals surface area (Å²) in [5.74, 6) is 0. The molecule has 7 heteroatoms. The molecule has 0 saturated heterocycles. The van der Waals surface area contributed by atoms with Crippen LogP contribution in [0.15, 0.2) is 65.6 Å². The Morgan fingerprint density at radius 2 is 1.73 bits per heavy atom. The highest BCUT2D eigenvalue weighted by molar-refractivity contribution is 7.89. The van der Waals surface area contributed by atoms with Gasteiger partial charge in [0.25, 0.3) is 5.69 Å². The summed E-state index contributed by atoms with van der Waals surface area (Å²) < 4.78 is 28.3. The number of nitrogens with one attached hydrogen (secondary N) is 1. The van der Waals surface area contributed by atoms with E-state index in [9.17, 15) is 18.5 Å². The average Bonchev–Trinajstić information content (AvgIpc) is 2.60. The van der Waals surface area contributed by atoms with E-state index in [2.05, 4.69) is 4.72 Å². The molecule has 26 heavy (non-hydrogen) atoms. The van der Waals surface area contributed by atoms with E-state index in [-0.39, 0.29) is 10.6 Å².